The molecule has 1 N–H and O–H groups in total. The van der Waals surface area contributed by atoms with Crippen LogP contribution in [0.4, 0.5) is 10.1 Å². The first-order valence-corrected chi connectivity index (χ1v) is 6.38. The summed E-state index contributed by atoms with van der Waals surface area (Å²) >= 11 is 0. The number of hydrogen-bond donors (Lipinski definition) is 1. The minimum atomic E-state index is -0.344. The molecule has 0 aromatic heterocycles. The highest BCUT2D eigenvalue weighted by atomic mass is 19.1. The lowest BCUT2D eigenvalue weighted by molar-refractivity contribution is -0.111. The highest BCUT2D eigenvalue weighted by Crippen LogP contribution is 2.19. The molecule has 0 saturated heterocycles. The molecule has 0 saturated carbocycles. The van der Waals surface area contributed by atoms with Gasteiger partial charge in [-0.1, -0.05) is 36.4 Å². The standard InChI is InChI=1S/C17H16FNO/c1-12-6-5-7-13(2)17(12)19-16(20)11-10-14-8-3-4-9-15(14)18/h3-11H,1-2H3,(H,19,20). The van der Waals surface area contributed by atoms with E-state index in [2.05, 4.69) is 5.32 Å². The summed E-state index contributed by atoms with van der Waals surface area (Å²) in [5, 5.41) is 2.82. The van der Waals surface area contributed by atoms with Crippen molar-refractivity contribution < 1.29 is 9.18 Å². The van der Waals surface area contributed by atoms with E-state index in [-0.39, 0.29) is 11.7 Å². The van der Waals surface area contributed by atoms with E-state index in [0.29, 0.717) is 5.56 Å². The maximum Gasteiger partial charge on any atom is 0.248 e. The molecule has 0 unspecified atom stereocenters. The van der Waals surface area contributed by atoms with Crippen LogP contribution in [0.25, 0.3) is 6.08 Å². The van der Waals surface area contributed by atoms with Gasteiger partial charge in [0, 0.05) is 17.3 Å². The Morgan fingerprint density at radius 2 is 1.70 bits per heavy atom. The molecule has 0 aliphatic rings. The minimum Gasteiger partial charge on any atom is -0.322 e. The molecule has 2 nitrogen and oxygen atoms in total. The SMILES string of the molecule is Cc1cccc(C)c1NC(=O)C=Cc1ccccc1F. The third kappa shape index (κ3) is 3.32. The van der Waals surface area contributed by atoms with Gasteiger partial charge in [0.2, 0.25) is 5.91 Å². The predicted molar refractivity (Wildman–Crippen MR) is 80.0 cm³/mol. The van der Waals surface area contributed by atoms with Gasteiger partial charge in [-0.25, -0.2) is 4.39 Å². The van der Waals surface area contributed by atoms with E-state index in [1.807, 2.05) is 32.0 Å². The van der Waals surface area contributed by atoms with E-state index in [4.69, 9.17) is 0 Å². The highest BCUT2D eigenvalue weighted by molar-refractivity contribution is 6.02. The van der Waals surface area contributed by atoms with Crippen molar-refractivity contribution >= 4 is 17.7 Å². The monoisotopic (exact) mass is 269 g/mol. The fourth-order valence-electron chi connectivity index (χ4n) is 1.95. The van der Waals surface area contributed by atoms with Crippen LogP contribution in [0.1, 0.15) is 16.7 Å². The van der Waals surface area contributed by atoms with E-state index in [0.717, 1.165) is 16.8 Å². The van der Waals surface area contributed by atoms with Gasteiger partial charge in [0.05, 0.1) is 0 Å². The van der Waals surface area contributed by atoms with E-state index in [1.165, 1.54) is 18.2 Å². The van der Waals surface area contributed by atoms with Crippen LogP contribution < -0.4 is 5.32 Å². The molecular weight excluding hydrogens is 253 g/mol. The molecule has 0 fully saturated rings. The van der Waals surface area contributed by atoms with Crippen molar-refractivity contribution in [3.05, 3.63) is 71.0 Å². The number of rotatable bonds is 3. The number of halogens is 1. The quantitative estimate of drug-likeness (QED) is 0.835. The summed E-state index contributed by atoms with van der Waals surface area (Å²) in [4.78, 5) is 11.9. The summed E-state index contributed by atoms with van der Waals surface area (Å²) in [5.74, 6) is -0.616. The fraction of sp³-hybridized carbons (Fsp3) is 0.118. The fourth-order valence-corrected chi connectivity index (χ4v) is 1.95. The number of benzene rings is 2. The van der Waals surface area contributed by atoms with Crippen molar-refractivity contribution in [1.29, 1.82) is 0 Å². The zero-order valence-electron chi connectivity index (χ0n) is 11.5. The Morgan fingerprint density at radius 1 is 1.05 bits per heavy atom. The van der Waals surface area contributed by atoms with Crippen LogP contribution in [0.15, 0.2) is 48.5 Å². The van der Waals surface area contributed by atoms with Gasteiger partial charge < -0.3 is 5.32 Å². The third-order valence-corrected chi connectivity index (χ3v) is 3.05. The molecule has 3 heteroatoms. The van der Waals surface area contributed by atoms with E-state index < -0.39 is 0 Å². The molecule has 20 heavy (non-hydrogen) atoms. The number of anilines is 1. The molecule has 2 rings (SSSR count). The Morgan fingerprint density at radius 3 is 2.35 bits per heavy atom. The van der Waals surface area contributed by atoms with Gasteiger partial charge >= 0.3 is 0 Å². The molecule has 2 aromatic carbocycles. The number of hydrogen-bond acceptors (Lipinski definition) is 1. The lowest BCUT2D eigenvalue weighted by Gasteiger charge is -2.09. The van der Waals surface area contributed by atoms with Crippen molar-refractivity contribution in [2.45, 2.75) is 13.8 Å². The summed E-state index contributed by atoms with van der Waals surface area (Å²) in [6.07, 6.45) is 2.81. The summed E-state index contributed by atoms with van der Waals surface area (Å²) in [6, 6.07) is 12.1. The van der Waals surface area contributed by atoms with Crippen LogP contribution in [0.2, 0.25) is 0 Å². The highest BCUT2D eigenvalue weighted by Gasteiger charge is 2.04. The molecule has 0 bridgehead atoms. The average Bonchev–Trinajstić information content (AvgIpc) is 2.42. The van der Waals surface area contributed by atoms with Crippen molar-refractivity contribution in [3.63, 3.8) is 0 Å². The Labute approximate surface area is 118 Å². The Hall–Kier alpha value is -2.42. The Bertz CT molecular complexity index is 642. The maximum atomic E-state index is 13.4. The average molecular weight is 269 g/mol. The van der Waals surface area contributed by atoms with Crippen molar-refractivity contribution in [3.8, 4) is 0 Å². The summed E-state index contributed by atoms with van der Waals surface area (Å²) in [6.45, 7) is 3.87. The zero-order chi connectivity index (χ0) is 14.5. The van der Waals surface area contributed by atoms with E-state index in [9.17, 15) is 9.18 Å². The van der Waals surface area contributed by atoms with Gasteiger partial charge in [-0.2, -0.15) is 0 Å². The van der Waals surface area contributed by atoms with Crippen LogP contribution >= 0.6 is 0 Å². The zero-order valence-corrected chi connectivity index (χ0v) is 11.5. The summed E-state index contributed by atoms with van der Waals surface area (Å²) in [5.41, 5.74) is 3.19. The van der Waals surface area contributed by atoms with Crippen LogP contribution in [-0.4, -0.2) is 5.91 Å². The minimum absolute atomic E-state index is 0.273. The van der Waals surface area contributed by atoms with Crippen molar-refractivity contribution in [2.24, 2.45) is 0 Å². The van der Waals surface area contributed by atoms with Gasteiger partial charge in [0.25, 0.3) is 0 Å². The van der Waals surface area contributed by atoms with Crippen LogP contribution in [0.5, 0.6) is 0 Å². The number of carbonyl (C=O) groups is 1. The molecule has 0 atom stereocenters. The topological polar surface area (TPSA) is 29.1 Å². The first-order chi connectivity index (χ1) is 9.58. The van der Waals surface area contributed by atoms with Crippen LogP contribution in [-0.2, 0) is 4.79 Å². The Kier molecular flexibility index (Phi) is 4.31. The van der Waals surface area contributed by atoms with Gasteiger partial charge in [0.15, 0.2) is 0 Å². The number of carbonyl (C=O) groups excluding carboxylic acids is 1. The van der Waals surface area contributed by atoms with Gasteiger partial charge in [-0.05, 0) is 37.1 Å². The Balaban J connectivity index is 2.12. The molecule has 0 heterocycles. The smallest absolute Gasteiger partial charge is 0.248 e. The predicted octanol–water partition coefficient (Wildman–Crippen LogP) is 4.09. The van der Waals surface area contributed by atoms with E-state index in [1.54, 1.807) is 18.2 Å². The normalized spacial score (nSPS) is 10.8. The van der Waals surface area contributed by atoms with Gasteiger partial charge in [-0.3, -0.25) is 4.79 Å². The van der Waals surface area contributed by atoms with Crippen LogP contribution in [0.3, 0.4) is 0 Å². The van der Waals surface area contributed by atoms with Crippen molar-refractivity contribution in [1.82, 2.24) is 0 Å². The second-order valence-corrected chi connectivity index (χ2v) is 4.61. The molecule has 1 amide bonds. The molecule has 2 aromatic rings. The molecule has 0 aliphatic heterocycles. The second kappa shape index (κ2) is 6.15. The van der Waals surface area contributed by atoms with Gasteiger partial charge in [-0.15, -0.1) is 0 Å². The van der Waals surface area contributed by atoms with Crippen molar-refractivity contribution in [2.75, 3.05) is 5.32 Å². The summed E-state index contributed by atoms with van der Waals surface area (Å²) in [7, 11) is 0. The molecule has 102 valence electrons. The number of amides is 1. The lowest BCUT2D eigenvalue weighted by Crippen LogP contribution is -2.10. The molecule has 0 aliphatic carbocycles. The third-order valence-electron chi connectivity index (χ3n) is 3.05. The molecule has 0 radical (unpaired) electrons. The number of aryl methyl sites for hydroxylation is 2. The number of nitrogens with one attached hydrogen (secondary N) is 1. The summed E-state index contributed by atoms with van der Waals surface area (Å²) < 4.78 is 13.4. The first-order valence-electron chi connectivity index (χ1n) is 6.38. The lowest BCUT2D eigenvalue weighted by atomic mass is 10.1. The largest absolute Gasteiger partial charge is 0.322 e. The first kappa shape index (κ1) is 14.0. The van der Waals surface area contributed by atoms with Crippen LogP contribution in [0, 0.1) is 19.7 Å². The second-order valence-electron chi connectivity index (χ2n) is 4.61. The molecule has 0 spiro atoms. The van der Waals surface area contributed by atoms with E-state index >= 15 is 0 Å². The van der Waals surface area contributed by atoms with Gasteiger partial charge in [0.1, 0.15) is 5.82 Å². The number of para-hydroxylation sites is 1. The molecular formula is C17H16FNO. The maximum absolute atomic E-state index is 13.4.